The van der Waals surface area contributed by atoms with E-state index in [4.69, 9.17) is 5.26 Å². The van der Waals surface area contributed by atoms with Gasteiger partial charge >= 0.3 is 0 Å². The summed E-state index contributed by atoms with van der Waals surface area (Å²) in [5, 5.41) is 8.95. The Morgan fingerprint density at radius 1 is 1.39 bits per heavy atom. The van der Waals surface area contributed by atoms with Gasteiger partial charge in [-0.05, 0) is 30.5 Å². The molecular formula is C15H20N2O. The average molecular weight is 244 g/mol. The molecule has 0 unspecified atom stereocenters. The van der Waals surface area contributed by atoms with Gasteiger partial charge in [-0.1, -0.05) is 20.8 Å². The fraction of sp³-hybridized carbons (Fsp3) is 0.467. The van der Waals surface area contributed by atoms with E-state index >= 15 is 0 Å². The van der Waals surface area contributed by atoms with Gasteiger partial charge in [0.1, 0.15) is 0 Å². The first-order chi connectivity index (χ1) is 8.24. The number of hydrogen-bond acceptors (Lipinski definition) is 3. The van der Waals surface area contributed by atoms with Crippen molar-refractivity contribution in [3.05, 3.63) is 29.3 Å². The second kappa shape index (κ2) is 5.22. The third-order valence-corrected chi connectivity index (χ3v) is 2.63. The summed E-state index contributed by atoms with van der Waals surface area (Å²) in [6.45, 7) is 8.80. The number of nitriles is 1. The van der Waals surface area contributed by atoms with Gasteiger partial charge in [0, 0.05) is 24.8 Å². The number of rotatable bonds is 3. The van der Waals surface area contributed by atoms with Crippen molar-refractivity contribution < 1.29 is 4.79 Å². The molecule has 0 atom stereocenters. The molecule has 0 aromatic heterocycles. The van der Waals surface area contributed by atoms with Crippen molar-refractivity contribution in [3.63, 3.8) is 0 Å². The lowest BCUT2D eigenvalue weighted by Crippen LogP contribution is -2.30. The Balaban J connectivity index is 3.20. The van der Waals surface area contributed by atoms with E-state index < -0.39 is 0 Å². The fourth-order valence-electron chi connectivity index (χ4n) is 2.01. The zero-order chi connectivity index (χ0) is 13.9. The van der Waals surface area contributed by atoms with Gasteiger partial charge in [-0.2, -0.15) is 5.26 Å². The second-order valence-electron chi connectivity index (χ2n) is 5.82. The van der Waals surface area contributed by atoms with Crippen LogP contribution in [0.15, 0.2) is 18.2 Å². The number of hydrogen-bond donors (Lipinski definition) is 0. The van der Waals surface area contributed by atoms with Crippen molar-refractivity contribution in [1.29, 1.82) is 5.26 Å². The van der Waals surface area contributed by atoms with Crippen molar-refractivity contribution >= 4 is 11.5 Å². The first kappa shape index (κ1) is 14.2. The van der Waals surface area contributed by atoms with Crippen LogP contribution in [0, 0.1) is 16.7 Å². The van der Waals surface area contributed by atoms with Gasteiger partial charge in [0.05, 0.1) is 11.6 Å². The second-order valence-corrected chi connectivity index (χ2v) is 5.82. The lowest BCUT2D eigenvalue weighted by atomic mass is 9.95. The predicted molar refractivity (Wildman–Crippen MR) is 73.9 cm³/mol. The molecule has 3 nitrogen and oxygen atoms in total. The Morgan fingerprint density at radius 3 is 2.44 bits per heavy atom. The van der Waals surface area contributed by atoms with Gasteiger partial charge in [-0.15, -0.1) is 0 Å². The molecular weight excluding hydrogens is 224 g/mol. The molecule has 0 heterocycles. The number of carbonyl (C=O) groups is 1. The van der Waals surface area contributed by atoms with Gasteiger partial charge in [-0.3, -0.25) is 4.79 Å². The molecule has 0 saturated heterocycles. The quantitative estimate of drug-likeness (QED) is 0.767. The highest BCUT2D eigenvalue weighted by Gasteiger charge is 2.18. The number of Topliss-reactive ketones (excluding diaryl/α,β-unsaturated/α-hetero) is 1. The Hall–Kier alpha value is -1.82. The van der Waals surface area contributed by atoms with Crippen molar-refractivity contribution in [2.45, 2.75) is 27.7 Å². The Kier molecular flexibility index (Phi) is 4.13. The van der Waals surface area contributed by atoms with E-state index in [9.17, 15) is 4.79 Å². The zero-order valence-corrected chi connectivity index (χ0v) is 11.7. The number of benzene rings is 1. The van der Waals surface area contributed by atoms with E-state index in [0.717, 1.165) is 12.2 Å². The molecule has 0 spiro atoms. The molecule has 0 bridgehead atoms. The standard InChI is InChI=1S/C15H20N2O/c1-11(18)13-7-6-12(9-16)8-14(13)17(5)10-15(2,3)4/h6-8H,10H2,1-5H3. The van der Waals surface area contributed by atoms with Gasteiger partial charge in [0.15, 0.2) is 5.78 Å². The highest BCUT2D eigenvalue weighted by molar-refractivity contribution is 6.00. The first-order valence-electron chi connectivity index (χ1n) is 6.01. The fourth-order valence-corrected chi connectivity index (χ4v) is 2.01. The maximum absolute atomic E-state index is 11.6. The maximum Gasteiger partial charge on any atom is 0.161 e. The third kappa shape index (κ3) is 3.59. The average Bonchev–Trinajstić information content (AvgIpc) is 2.25. The summed E-state index contributed by atoms with van der Waals surface area (Å²) in [6.07, 6.45) is 0. The van der Waals surface area contributed by atoms with Crippen molar-refractivity contribution in [2.24, 2.45) is 5.41 Å². The summed E-state index contributed by atoms with van der Waals surface area (Å²) < 4.78 is 0. The largest absolute Gasteiger partial charge is 0.373 e. The van der Waals surface area contributed by atoms with Crippen LogP contribution in [0.1, 0.15) is 43.6 Å². The van der Waals surface area contributed by atoms with E-state index in [2.05, 4.69) is 26.8 Å². The molecule has 18 heavy (non-hydrogen) atoms. The molecule has 96 valence electrons. The Bertz CT molecular complexity index is 492. The van der Waals surface area contributed by atoms with Gasteiger partial charge in [0.25, 0.3) is 0 Å². The summed E-state index contributed by atoms with van der Waals surface area (Å²) in [6, 6.07) is 7.31. The molecule has 0 fully saturated rings. The van der Waals surface area contributed by atoms with Crippen LogP contribution in [0.4, 0.5) is 5.69 Å². The number of ketones is 1. The molecule has 0 aliphatic heterocycles. The minimum atomic E-state index is 0.0234. The smallest absolute Gasteiger partial charge is 0.161 e. The Morgan fingerprint density at radius 2 is 2.00 bits per heavy atom. The molecule has 0 radical (unpaired) electrons. The van der Waals surface area contributed by atoms with Crippen LogP contribution in [0.2, 0.25) is 0 Å². The van der Waals surface area contributed by atoms with Crippen LogP contribution >= 0.6 is 0 Å². The zero-order valence-electron chi connectivity index (χ0n) is 11.7. The third-order valence-electron chi connectivity index (χ3n) is 2.63. The molecule has 0 aliphatic rings. The van der Waals surface area contributed by atoms with E-state index in [1.807, 2.05) is 11.9 Å². The lowest BCUT2D eigenvalue weighted by molar-refractivity contribution is 0.101. The van der Waals surface area contributed by atoms with Crippen LogP contribution < -0.4 is 4.90 Å². The molecule has 1 aromatic carbocycles. The van der Waals surface area contributed by atoms with Crippen LogP contribution in [0.5, 0.6) is 0 Å². The molecule has 0 aliphatic carbocycles. The number of anilines is 1. The van der Waals surface area contributed by atoms with Crippen LogP contribution in [-0.2, 0) is 0 Å². The van der Waals surface area contributed by atoms with E-state index in [1.54, 1.807) is 25.1 Å². The van der Waals surface area contributed by atoms with E-state index in [1.165, 1.54) is 0 Å². The van der Waals surface area contributed by atoms with Crippen molar-refractivity contribution in [2.75, 3.05) is 18.5 Å². The summed E-state index contributed by atoms with van der Waals surface area (Å²) >= 11 is 0. The van der Waals surface area contributed by atoms with Crippen molar-refractivity contribution in [1.82, 2.24) is 0 Å². The molecule has 0 amide bonds. The normalized spacial score (nSPS) is 10.9. The molecule has 1 rings (SSSR count). The minimum Gasteiger partial charge on any atom is -0.373 e. The number of carbonyl (C=O) groups excluding carboxylic acids is 1. The van der Waals surface area contributed by atoms with E-state index in [-0.39, 0.29) is 11.2 Å². The molecule has 3 heteroatoms. The summed E-state index contributed by atoms with van der Waals surface area (Å²) in [4.78, 5) is 13.7. The highest BCUT2D eigenvalue weighted by atomic mass is 16.1. The number of nitrogens with zero attached hydrogens (tertiary/aromatic N) is 2. The first-order valence-corrected chi connectivity index (χ1v) is 6.01. The maximum atomic E-state index is 11.6. The van der Waals surface area contributed by atoms with Gasteiger partial charge in [0.2, 0.25) is 0 Å². The Labute approximate surface area is 109 Å². The molecule has 0 N–H and O–H groups in total. The summed E-state index contributed by atoms with van der Waals surface area (Å²) in [5.74, 6) is 0.0234. The lowest BCUT2D eigenvalue weighted by Gasteiger charge is -2.29. The topological polar surface area (TPSA) is 44.1 Å². The van der Waals surface area contributed by atoms with E-state index in [0.29, 0.717) is 11.1 Å². The monoisotopic (exact) mass is 244 g/mol. The highest BCUT2D eigenvalue weighted by Crippen LogP contribution is 2.25. The van der Waals surface area contributed by atoms with Gasteiger partial charge < -0.3 is 4.90 Å². The summed E-state index contributed by atoms with van der Waals surface area (Å²) in [5.41, 5.74) is 2.21. The van der Waals surface area contributed by atoms with Crippen LogP contribution in [0.3, 0.4) is 0 Å². The van der Waals surface area contributed by atoms with Gasteiger partial charge in [-0.25, -0.2) is 0 Å². The molecule has 1 aromatic rings. The van der Waals surface area contributed by atoms with Crippen LogP contribution in [0.25, 0.3) is 0 Å². The summed E-state index contributed by atoms with van der Waals surface area (Å²) in [7, 11) is 1.95. The minimum absolute atomic E-state index is 0.0234. The molecule has 0 saturated carbocycles. The SMILES string of the molecule is CC(=O)c1ccc(C#N)cc1N(C)CC(C)(C)C. The van der Waals surface area contributed by atoms with Crippen LogP contribution in [-0.4, -0.2) is 19.4 Å². The van der Waals surface area contributed by atoms with Crippen molar-refractivity contribution in [3.8, 4) is 6.07 Å². The predicted octanol–water partition coefficient (Wildman–Crippen LogP) is 3.24.